The van der Waals surface area contributed by atoms with Gasteiger partial charge in [-0.2, -0.15) is 5.26 Å². The average molecular weight is 386 g/mol. The van der Waals surface area contributed by atoms with Gasteiger partial charge in [-0.15, -0.1) is 0 Å². The maximum absolute atomic E-state index is 12.6. The van der Waals surface area contributed by atoms with Crippen molar-refractivity contribution < 1.29 is 23.7 Å². The molecule has 2 rings (SSSR count). The number of nitrogens with two attached hydrogens (primary N) is 1. The summed E-state index contributed by atoms with van der Waals surface area (Å²) in [4.78, 5) is 12.6. The van der Waals surface area contributed by atoms with Gasteiger partial charge in [-0.25, -0.2) is 4.79 Å². The summed E-state index contributed by atoms with van der Waals surface area (Å²) < 4.78 is 22.1. The predicted molar refractivity (Wildman–Crippen MR) is 103 cm³/mol. The molecule has 1 unspecified atom stereocenters. The van der Waals surface area contributed by atoms with Gasteiger partial charge < -0.3 is 24.7 Å². The lowest BCUT2D eigenvalue weighted by Gasteiger charge is -2.27. The number of rotatable bonds is 7. The van der Waals surface area contributed by atoms with Crippen molar-refractivity contribution in [3.8, 4) is 17.6 Å². The van der Waals surface area contributed by atoms with Gasteiger partial charge in [0.25, 0.3) is 0 Å². The van der Waals surface area contributed by atoms with Gasteiger partial charge in [-0.3, -0.25) is 0 Å². The first-order chi connectivity index (χ1) is 13.3. The molecule has 0 saturated carbocycles. The van der Waals surface area contributed by atoms with E-state index in [-0.39, 0.29) is 29.7 Å². The van der Waals surface area contributed by atoms with Crippen LogP contribution in [0, 0.1) is 11.3 Å². The number of benzene rings is 1. The summed E-state index contributed by atoms with van der Waals surface area (Å²) in [6.45, 7) is 9.69. The van der Waals surface area contributed by atoms with E-state index >= 15 is 0 Å². The number of allylic oxidation sites excluding steroid dienone is 2. The summed E-state index contributed by atoms with van der Waals surface area (Å²) >= 11 is 0. The van der Waals surface area contributed by atoms with Gasteiger partial charge in [0.05, 0.1) is 30.8 Å². The fraction of sp³-hybridized carbons (Fsp3) is 0.429. The quantitative estimate of drug-likeness (QED) is 0.715. The predicted octanol–water partition coefficient (Wildman–Crippen LogP) is 3.52. The molecular weight excluding hydrogens is 360 g/mol. The van der Waals surface area contributed by atoms with Crippen LogP contribution in [0.1, 0.15) is 46.1 Å². The summed E-state index contributed by atoms with van der Waals surface area (Å²) in [5, 5.41) is 9.66. The van der Waals surface area contributed by atoms with Crippen LogP contribution in [-0.4, -0.2) is 25.3 Å². The number of carbonyl (C=O) groups excluding carboxylic acids is 1. The molecule has 0 bridgehead atoms. The molecule has 0 aliphatic carbocycles. The largest absolute Gasteiger partial charge is 0.490 e. The molecule has 7 heteroatoms. The lowest BCUT2D eigenvalue weighted by molar-refractivity contribution is -0.139. The van der Waals surface area contributed by atoms with E-state index in [0.29, 0.717) is 29.4 Å². The fourth-order valence-corrected chi connectivity index (χ4v) is 3.01. The van der Waals surface area contributed by atoms with Gasteiger partial charge in [-0.1, -0.05) is 6.07 Å². The first-order valence-electron chi connectivity index (χ1n) is 9.22. The zero-order valence-electron chi connectivity index (χ0n) is 16.9. The van der Waals surface area contributed by atoms with E-state index in [1.807, 2.05) is 20.8 Å². The van der Waals surface area contributed by atoms with E-state index in [0.717, 1.165) is 0 Å². The van der Waals surface area contributed by atoms with Crippen molar-refractivity contribution in [2.24, 2.45) is 5.73 Å². The number of carbonyl (C=O) groups is 1. The molecule has 1 aliphatic rings. The molecule has 1 heterocycles. The highest BCUT2D eigenvalue weighted by Crippen LogP contribution is 2.42. The van der Waals surface area contributed by atoms with Crippen LogP contribution in [0.4, 0.5) is 0 Å². The minimum Gasteiger partial charge on any atom is -0.490 e. The normalized spacial score (nSPS) is 16.5. The van der Waals surface area contributed by atoms with E-state index in [4.69, 9.17) is 24.7 Å². The molecule has 1 aliphatic heterocycles. The number of esters is 1. The van der Waals surface area contributed by atoms with Crippen molar-refractivity contribution in [2.75, 3.05) is 13.2 Å². The van der Waals surface area contributed by atoms with Crippen LogP contribution in [0.3, 0.4) is 0 Å². The zero-order chi connectivity index (χ0) is 20.8. The van der Waals surface area contributed by atoms with E-state index in [2.05, 4.69) is 6.07 Å². The van der Waals surface area contributed by atoms with Crippen LogP contribution in [0.5, 0.6) is 11.5 Å². The molecule has 1 atom stereocenters. The Morgan fingerprint density at radius 2 is 2.00 bits per heavy atom. The molecule has 7 nitrogen and oxygen atoms in total. The van der Waals surface area contributed by atoms with Crippen LogP contribution in [0.25, 0.3) is 0 Å². The number of ether oxygens (including phenoxy) is 4. The second-order valence-electron chi connectivity index (χ2n) is 6.42. The Hall–Kier alpha value is -3.14. The van der Waals surface area contributed by atoms with Gasteiger partial charge in [-0.05, 0) is 52.3 Å². The molecular formula is C21H26N2O5. The summed E-state index contributed by atoms with van der Waals surface area (Å²) in [5.74, 6) is 0.119. The molecule has 0 aromatic heterocycles. The Bertz CT molecular complexity index is 849. The zero-order valence-corrected chi connectivity index (χ0v) is 16.9. The van der Waals surface area contributed by atoms with Crippen molar-refractivity contribution in [3.05, 3.63) is 46.6 Å². The first-order valence-corrected chi connectivity index (χ1v) is 9.22. The highest BCUT2D eigenvalue weighted by atomic mass is 16.5. The standard InChI is InChI=1S/C21H26N2O5/c1-6-25-17-10-14(8-9-16(17)27-12(3)4)19-15(11-22)20(23)28-13(5)18(19)21(24)26-7-2/h8-10,12,19H,6-7,23H2,1-5H3. The minimum absolute atomic E-state index is 0.0292. The summed E-state index contributed by atoms with van der Waals surface area (Å²) in [5.41, 5.74) is 6.98. The third-order valence-electron chi connectivity index (χ3n) is 4.06. The Kier molecular flexibility index (Phi) is 6.94. The summed E-state index contributed by atoms with van der Waals surface area (Å²) in [6.07, 6.45) is -0.0319. The van der Waals surface area contributed by atoms with E-state index in [1.165, 1.54) is 0 Å². The van der Waals surface area contributed by atoms with Gasteiger partial charge in [0.15, 0.2) is 11.5 Å². The van der Waals surface area contributed by atoms with Crippen molar-refractivity contribution in [3.63, 3.8) is 0 Å². The SMILES string of the molecule is CCOC(=O)C1=C(C)OC(N)=C(C#N)C1c1ccc(OC(C)C)c(OCC)c1. The lowest BCUT2D eigenvalue weighted by Crippen LogP contribution is -2.25. The van der Waals surface area contributed by atoms with Gasteiger partial charge in [0, 0.05) is 0 Å². The molecule has 28 heavy (non-hydrogen) atoms. The summed E-state index contributed by atoms with van der Waals surface area (Å²) in [6, 6.07) is 7.37. The number of hydrogen-bond donors (Lipinski definition) is 1. The second-order valence-corrected chi connectivity index (χ2v) is 6.42. The average Bonchev–Trinajstić information content (AvgIpc) is 2.62. The van der Waals surface area contributed by atoms with Crippen LogP contribution in [-0.2, 0) is 14.3 Å². The third kappa shape index (κ3) is 4.39. The van der Waals surface area contributed by atoms with Crippen LogP contribution in [0.15, 0.2) is 41.0 Å². The van der Waals surface area contributed by atoms with Crippen LogP contribution >= 0.6 is 0 Å². The van der Waals surface area contributed by atoms with Gasteiger partial charge in [0.2, 0.25) is 5.88 Å². The molecule has 0 fully saturated rings. The van der Waals surface area contributed by atoms with Crippen molar-refractivity contribution in [1.29, 1.82) is 5.26 Å². The Labute approximate surface area is 165 Å². The highest BCUT2D eigenvalue weighted by molar-refractivity contribution is 5.92. The molecule has 1 aromatic rings. The van der Waals surface area contributed by atoms with Crippen LogP contribution < -0.4 is 15.2 Å². The number of nitrogens with zero attached hydrogens (tertiary/aromatic N) is 1. The maximum atomic E-state index is 12.6. The maximum Gasteiger partial charge on any atom is 0.338 e. The van der Waals surface area contributed by atoms with Crippen LogP contribution in [0.2, 0.25) is 0 Å². The Morgan fingerprint density at radius 1 is 1.29 bits per heavy atom. The topological polar surface area (TPSA) is 104 Å². The van der Waals surface area contributed by atoms with Gasteiger partial charge in [0.1, 0.15) is 17.4 Å². The van der Waals surface area contributed by atoms with Crippen molar-refractivity contribution in [2.45, 2.75) is 46.6 Å². The summed E-state index contributed by atoms with van der Waals surface area (Å²) in [7, 11) is 0. The third-order valence-corrected chi connectivity index (χ3v) is 4.06. The molecule has 1 aromatic carbocycles. The van der Waals surface area contributed by atoms with Crippen molar-refractivity contribution >= 4 is 5.97 Å². The minimum atomic E-state index is -0.717. The number of hydrogen-bond acceptors (Lipinski definition) is 7. The molecule has 0 amide bonds. The second kappa shape index (κ2) is 9.18. The van der Waals surface area contributed by atoms with E-state index < -0.39 is 11.9 Å². The smallest absolute Gasteiger partial charge is 0.338 e. The molecule has 0 spiro atoms. The van der Waals surface area contributed by atoms with Gasteiger partial charge >= 0.3 is 5.97 Å². The molecule has 2 N–H and O–H groups in total. The lowest BCUT2D eigenvalue weighted by atomic mass is 9.83. The Balaban J connectivity index is 2.62. The van der Waals surface area contributed by atoms with E-state index in [1.54, 1.807) is 32.0 Å². The first kappa shape index (κ1) is 21.2. The monoisotopic (exact) mass is 386 g/mol. The number of nitriles is 1. The fourth-order valence-electron chi connectivity index (χ4n) is 3.01. The van der Waals surface area contributed by atoms with E-state index in [9.17, 15) is 10.1 Å². The molecule has 0 radical (unpaired) electrons. The Morgan fingerprint density at radius 3 is 2.57 bits per heavy atom. The molecule has 150 valence electrons. The van der Waals surface area contributed by atoms with Crippen molar-refractivity contribution in [1.82, 2.24) is 0 Å². The molecule has 0 saturated heterocycles. The highest BCUT2D eigenvalue weighted by Gasteiger charge is 2.36.